The summed E-state index contributed by atoms with van der Waals surface area (Å²) in [7, 11) is 0. The van der Waals surface area contributed by atoms with Crippen molar-refractivity contribution in [1.29, 1.82) is 5.26 Å². The third kappa shape index (κ3) is 3.13. The van der Waals surface area contributed by atoms with Crippen molar-refractivity contribution in [2.24, 2.45) is 0 Å². The maximum atomic E-state index is 13.5. The van der Waals surface area contributed by atoms with Crippen LogP contribution in [0.1, 0.15) is 11.1 Å². The zero-order valence-corrected chi connectivity index (χ0v) is 14.0. The molecule has 2 aromatic carbocycles. The molecule has 0 bridgehead atoms. The third-order valence-corrected chi connectivity index (χ3v) is 3.98. The fourth-order valence-electron chi connectivity index (χ4n) is 2.79. The van der Waals surface area contributed by atoms with E-state index >= 15 is 0 Å². The van der Waals surface area contributed by atoms with E-state index in [0.29, 0.717) is 17.1 Å². The Bertz CT molecular complexity index is 1120. The highest BCUT2D eigenvalue weighted by Gasteiger charge is 2.06. The highest BCUT2D eigenvalue weighted by Crippen LogP contribution is 2.27. The van der Waals surface area contributed by atoms with E-state index in [-0.39, 0.29) is 5.82 Å². The Hall–Kier alpha value is -3.65. The first kappa shape index (κ1) is 15.9. The Labute approximate surface area is 149 Å². The van der Waals surface area contributed by atoms with Gasteiger partial charge in [-0.1, -0.05) is 0 Å². The highest BCUT2D eigenvalue weighted by molar-refractivity contribution is 5.63. The summed E-state index contributed by atoms with van der Waals surface area (Å²) in [5.41, 5.74) is 3.88. The van der Waals surface area contributed by atoms with Crippen molar-refractivity contribution in [2.75, 3.05) is 0 Å². The van der Waals surface area contributed by atoms with Crippen LogP contribution in [-0.4, -0.2) is 9.38 Å². The molecule has 5 heteroatoms. The Morgan fingerprint density at radius 3 is 2.54 bits per heavy atom. The largest absolute Gasteiger partial charge is 0.457 e. The molecule has 0 radical (unpaired) electrons. The van der Waals surface area contributed by atoms with Crippen LogP contribution in [0.4, 0.5) is 4.39 Å². The van der Waals surface area contributed by atoms with Gasteiger partial charge in [-0.15, -0.1) is 0 Å². The van der Waals surface area contributed by atoms with Crippen molar-refractivity contribution < 1.29 is 9.13 Å². The van der Waals surface area contributed by atoms with Gasteiger partial charge in [0, 0.05) is 24.0 Å². The lowest BCUT2D eigenvalue weighted by Crippen LogP contribution is -1.87. The molecule has 26 heavy (non-hydrogen) atoms. The van der Waals surface area contributed by atoms with Gasteiger partial charge in [-0.25, -0.2) is 9.37 Å². The van der Waals surface area contributed by atoms with Crippen LogP contribution in [0.2, 0.25) is 0 Å². The second-order valence-electron chi connectivity index (χ2n) is 6.01. The summed E-state index contributed by atoms with van der Waals surface area (Å²) in [5, 5.41) is 8.99. The number of rotatable bonds is 3. The number of imidazole rings is 1. The zero-order valence-electron chi connectivity index (χ0n) is 14.0. The molecule has 2 aromatic heterocycles. The van der Waals surface area contributed by atoms with E-state index in [0.717, 1.165) is 22.5 Å². The number of hydrogen-bond donors (Lipinski definition) is 0. The molecule has 0 amide bonds. The summed E-state index contributed by atoms with van der Waals surface area (Å²) >= 11 is 0. The third-order valence-electron chi connectivity index (χ3n) is 3.98. The fourth-order valence-corrected chi connectivity index (χ4v) is 2.79. The minimum Gasteiger partial charge on any atom is -0.457 e. The Morgan fingerprint density at radius 1 is 1.00 bits per heavy atom. The smallest absolute Gasteiger partial charge is 0.137 e. The van der Waals surface area contributed by atoms with Crippen LogP contribution in [0.25, 0.3) is 16.9 Å². The zero-order chi connectivity index (χ0) is 18.1. The lowest BCUT2D eigenvalue weighted by Gasteiger charge is -2.07. The number of fused-ring (bicyclic) bond motifs is 1. The summed E-state index contributed by atoms with van der Waals surface area (Å²) in [6, 6.07) is 17.7. The lowest BCUT2D eigenvalue weighted by molar-refractivity contribution is 0.476. The Balaban J connectivity index is 1.60. The van der Waals surface area contributed by atoms with E-state index in [9.17, 15) is 4.39 Å². The first-order chi connectivity index (χ1) is 12.6. The fraction of sp³-hybridized carbons (Fsp3) is 0.0476. The second-order valence-corrected chi connectivity index (χ2v) is 6.01. The molecule has 4 aromatic rings. The summed E-state index contributed by atoms with van der Waals surface area (Å²) in [4.78, 5) is 4.56. The molecule has 0 N–H and O–H groups in total. The van der Waals surface area contributed by atoms with Gasteiger partial charge in [-0.3, -0.25) is 0 Å². The quantitative estimate of drug-likeness (QED) is 0.519. The number of nitriles is 1. The molecule has 0 aliphatic heterocycles. The number of halogens is 1. The molecule has 2 heterocycles. The molecule has 0 atom stereocenters. The topological polar surface area (TPSA) is 50.3 Å². The number of benzene rings is 2. The molecular weight excluding hydrogens is 329 g/mol. The van der Waals surface area contributed by atoms with Crippen molar-refractivity contribution in [2.45, 2.75) is 6.92 Å². The molecule has 0 saturated heterocycles. The second kappa shape index (κ2) is 6.34. The van der Waals surface area contributed by atoms with E-state index in [1.807, 2.05) is 47.9 Å². The van der Waals surface area contributed by atoms with Gasteiger partial charge in [0.15, 0.2) is 0 Å². The number of hydrogen-bond acceptors (Lipinski definition) is 3. The Kier molecular flexibility index (Phi) is 3.86. The van der Waals surface area contributed by atoms with Crippen LogP contribution in [0.15, 0.2) is 67.0 Å². The van der Waals surface area contributed by atoms with Gasteiger partial charge in [0.25, 0.3) is 0 Å². The van der Waals surface area contributed by atoms with Gasteiger partial charge in [0.1, 0.15) is 29.0 Å². The van der Waals surface area contributed by atoms with Gasteiger partial charge < -0.3 is 9.14 Å². The molecule has 0 saturated carbocycles. The van der Waals surface area contributed by atoms with Crippen LogP contribution in [0, 0.1) is 24.1 Å². The number of aromatic nitrogens is 2. The van der Waals surface area contributed by atoms with Gasteiger partial charge in [-0.05, 0) is 61.0 Å². The highest BCUT2D eigenvalue weighted by atomic mass is 19.1. The molecule has 0 fully saturated rings. The van der Waals surface area contributed by atoms with Crippen molar-refractivity contribution >= 4 is 5.65 Å². The molecule has 4 nitrogen and oxygen atoms in total. The summed E-state index contributed by atoms with van der Waals surface area (Å²) < 4.78 is 21.0. The van der Waals surface area contributed by atoms with Crippen LogP contribution in [-0.2, 0) is 0 Å². The van der Waals surface area contributed by atoms with Crippen molar-refractivity contribution in [3.05, 3.63) is 83.9 Å². The number of pyridine rings is 1. The molecular formula is C21H14FN3O. The van der Waals surface area contributed by atoms with Crippen LogP contribution in [0.5, 0.6) is 11.5 Å². The van der Waals surface area contributed by atoms with Crippen LogP contribution >= 0.6 is 0 Å². The van der Waals surface area contributed by atoms with E-state index in [1.165, 1.54) is 12.1 Å². The van der Waals surface area contributed by atoms with Gasteiger partial charge in [0.2, 0.25) is 0 Å². The summed E-state index contributed by atoms with van der Waals surface area (Å²) in [6.07, 6.45) is 3.62. The van der Waals surface area contributed by atoms with Crippen molar-refractivity contribution in [3.8, 4) is 28.8 Å². The van der Waals surface area contributed by atoms with Crippen molar-refractivity contribution in [1.82, 2.24) is 9.38 Å². The molecule has 4 rings (SSSR count). The SMILES string of the molecule is Cc1cc(F)cc(Oc2ccc(-c3cn4cc(C#N)ccc4n3)cc2)c1. The van der Waals surface area contributed by atoms with Gasteiger partial charge in [0.05, 0.1) is 11.3 Å². The van der Waals surface area contributed by atoms with Gasteiger partial charge >= 0.3 is 0 Å². The van der Waals surface area contributed by atoms with Crippen molar-refractivity contribution in [3.63, 3.8) is 0 Å². The molecule has 0 unspecified atom stereocenters. The number of aryl methyl sites for hydroxylation is 1. The normalized spacial score (nSPS) is 10.7. The monoisotopic (exact) mass is 343 g/mol. The number of nitrogens with zero attached hydrogens (tertiary/aromatic N) is 3. The average Bonchev–Trinajstić information content (AvgIpc) is 3.04. The number of ether oxygens (including phenoxy) is 1. The van der Waals surface area contributed by atoms with E-state index in [4.69, 9.17) is 10.00 Å². The van der Waals surface area contributed by atoms with Crippen LogP contribution in [0.3, 0.4) is 0 Å². The predicted octanol–water partition coefficient (Wildman–Crippen LogP) is 5.11. The summed E-state index contributed by atoms with van der Waals surface area (Å²) in [5.74, 6) is 0.763. The minimum absolute atomic E-state index is 0.321. The molecule has 0 aliphatic rings. The summed E-state index contributed by atoms with van der Waals surface area (Å²) in [6.45, 7) is 1.82. The molecule has 0 aliphatic carbocycles. The van der Waals surface area contributed by atoms with E-state index in [1.54, 1.807) is 18.3 Å². The minimum atomic E-state index is -0.321. The maximum Gasteiger partial charge on any atom is 0.137 e. The standard InChI is InChI=1S/C21H14FN3O/c1-14-8-17(22)10-19(9-14)26-18-5-3-16(4-6-18)20-13-25-12-15(11-23)2-7-21(25)24-20/h2-10,12-13H,1H3. The first-order valence-electron chi connectivity index (χ1n) is 8.05. The Morgan fingerprint density at radius 2 is 1.81 bits per heavy atom. The average molecular weight is 343 g/mol. The van der Waals surface area contributed by atoms with E-state index in [2.05, 4.69) is 11.1 Å². The first-order valence-corrected chi connectivity index (χ1v) is 8.05. The maximum absolute atomic E-state index is 13.5. The molecule has 126 valence electrons. The van der Waals surface area contributed by atoms with Gasteiger partial charge in [-0.2, -0.15) is 5.26 Å². The molecule has 0 spiro atoms. The lowest BCUT2D eigenvalue weighted by atomic mass is 10.1. The van der Waals surface area contributed by atoms with E-state index < -0.39 is 0 Å². The predicted molar refractivity (Wildman–Crippen MR) is 96.6 cm³/mol. The van der Waals surface area contributed by atoms with Crippen LogP contribution < -0.4 is 4.74 Å².